The van der Waals surface area contributed by atoms with Gasteiger partial charge in [-0.15, -0.1) is 0 Å². The molecule has 18 heavy (non-hydrogen) atoms. The predicted octanol–water partition coefficient (Wildman–Crippen LogP) is 2.23. The van der Waals surface area contributed by atoms with E-state index in [1.807, 2.05) is 5.43 Å². The number of hydrazine groups is 1. The van der Waals surface area contributed by atoms with Crippen molar-refractivity contribution in [3.8, 4) is 0 Å². The summed E-state index contributed by atoms with van der Waals surface area (Å²) in [5.74, 6) is -0.902. The summed E-state index contributed by atoms with van der Waals surface area (Å²) in [4.78, 5) is 22.5. The average molecular weight is 270 g/mol. The number of ether oxygens (including phenoxy) is 1. The van der Waals surface area contributed by atoms with E-state index in [0.717, 1.165) is 0 Å². The highest BCUT2D eigenvalue weighted by atomic mass is 19.4. The van der Waals surface area contributed by atoms with Crippen LogP contribution in [0, 0.1) is 0 Å². The smallest absolute Gasteiger partial charge is 0.428 e. The van der Waals surface area contributed by atoms with Crippen LogP contribution in [0.25, 0.3) is 0 Å². The fourth-order valence-corrected chi connectivity index (χ4v) is 0.874. The topological polar surface area (TPSA) is 58.6 Å². The zero-order valence-electron chi connectivity index (χ0n) is 10.7. The third-order valence-corrected chi connectivity index (χ3v) is 1.60. The van der Waals surface area contributed by atoms with Gasteiger partial charge in [-0.2, -0.15) is 13.2 Å². The Morgan fingerprint density at radius 1 is 1.22 bits per heavy atom. The van der Waals surface area contributed by atoms with Crippen molar-refractivity contribution in [2.45, 2.75) is 45.4 Å². The van der Waals surface area contributed by atoms with Crippen LogP contribution in [0.1, 0.15) is 33.6 Å². The summed E-state index contributed by atoms with van der Waals surface area (Å²) >= 11 is 0. The molecule has 0 bridgehead atoms. The van der Waals surface area contributed by atoms with Gasteiger partial charge in [-0.05, 0) is 20.8 Å². The van der Waals surface area contributed by atoms with Crippen molar-refractivity contribution in [3.63, 3.8) is 0 Å². The van der Waals surface area contributed by atoms with E-state index in [1.165, 1.54) is 7.05 Å². The summed E-state index contributed by atoms with van der Waals surface area (Å²) in [6.45, 7) is 4.89. The minimum Gasteiger partial charge on any atom is -0.442 e. The molecule has 5 nitrogen and oxygen atoms in total. The van der Waals surface area contributed by atoms with Crippen LogP contribution in [-0.2, 0) is 9.53 Å². The number of nitrogens with one attached hydrogen (secondary N) is 1. The first-order valence-electron chi connectivity index (χ1n) is 5.23. The predicted molar refractivity (Wildman–Crippen MR) is 57.4 cm³/mol. The van der Waals surface area contributed by atoms with E-state index >= 15 is 0 Å². The first-order chi connectivity index (χ1) is 7.91. The number of carbonyl (C=O) groups is 2. The Bertz CT molecular complexity index is 310. The van der Waals surface area contributed by atoms with Crippen LogP contribution in [0.2, 0.25) is 0 Å². The lowest BCUT2D eigenvalue weighted by atomic mass is 10.2. The number of hydrogen-bond donors (Lipinski definition) is 1. The highest BCUT2D eigenvalue weighted by Crippen LogP contribution is 2.21. The summed E-state index contributed by atoms with van der Waals surface area (Å²) < 4.78 is 40.4. The maximum absolute atomic E-state index is 11.8. The molecule has 1 N–H and O–H groups in total. The Kier molecular flexibility index (Phi) is 5.44. The van der Waals surface area contributed by atoms with Gasteiger partial charge >= 0.3 is 12.3 Å². The van der Waals surface area contributed by atoms with Crippen molar-refractivity contribution >= 4 is 12.0 Å². The Morgan fingerprint density at radius 3 is 2.11 bits per heavy atom. The fourth-order valence-electron chi connectivity index (χ4n) is 0.874. The molecule has 0 fully saturated rings. The number of carbonyl (C=O) groups excluding carboxylic acids is 2. The molecule has 106 valence electrons. The molecule has 0 aliphatic heterocycles. The zero-order chi connectivity index (χ0) is 14.6. The van der Waals surface area contributed by atoms with Gasteiger partial charge in [0.2, 0.25) is 5.91 Å². The maximum atomic E-state index is 11.8. The van der Waals surface area contributed by atoms with Crippen molar-refractivity contribution < 1.29 is 27.5 Å². The third-order valence-electron chi connectivity index (χ3n) is 1.60. The van der Waals surface area contributed by atoms with Gasteiger partial charge in [0.25, 0.3) is 0 Å². The summed E-state index contributed by atoms with van der Waals surface area (Å²) in [6.07, 6.45) is -7.22. The lowest BCUT2D eigenvalue weighted by Gasteiger charge is -2.24. The van der Waals surface area contributed by atoms with E-state index in [1.54, 1.807) is 20.8 Å². The summed E-state index contributed by atoms with van der Waals surface area (Å²) in [5, 5.41) is 0.712. The monoisotopic (exact) mass is 270 g/mol. The number of hydrogen-bond acceptors (Lipinski definition) is 3. The fraction of sp³-hybridized carbons (Fsp3) is 0.800. The highest BCUT2D eigenvalue weighted by Gasteiger charge is 2.28. The van der Waals surface area contributed by atoms with E-state index in [9.17, 15) is 22.8 Å². The Labute approximate surface area is 103 Å². The molecule has 0 radical (unpaired) electrons. The molecule has 0 aliphatic rings. The normalized spacial score (nSPS) is 11.9. The van der Waals surface area contributed by atoms with E-state index in [2.05, 4.69) is 0 Å². The summed E-state index contributed by atoms with van der Waals surface area (Å²) in [6, 6.07) is 0. The summed E-state index contributed by atoms with van der Waals surface area (Å²) in [7, 11) is 1.19. The van der Waals surface area contributed by atoms with Crippen molar-refractivity contribution in [1.29, 1.82) is 0 Å². The van der Waals surface area contributed by atoms with Gasteiger partial charge in [0.1, 0.15) is 5.60 Å². The second kappa shape index (κ2) is 5.92. The molecule has 0 rings (SSSR count). The average Bonchev–Trinajstić information content (AvgIpc) is 2.10. The Hall–Kier alpha value is -1.47. The molecule has 0 saturated heterocycles. The van der Waals surface area contributed by atoms with E-state index in [0.29, 0.717) is 5.01 Å². The molecule has 0 spiro atoms. The highest BCUT2D eigenvalue weighted by molar-refractivity contribution is 5.79. The lowest BCUT2D eigenvalue weighted by molar-refractivity contribution is -0.145. The molecule has 0 heterocycles. The molecule has 8 heteroatoms. The molecule has 0 unspecified atom stereocenters. The maximum Gasteiger partial charge on any atom is 0.428 e. The molecule has 0 aromatic carbocycles. The first kappa shape index (κ1) is 16.5. The largest absolute Gasteiger partial charge is 0.442 e. The zero-order valence-corrected chi connectivity index (χ0v) is 10.7. The van der Waals surface area contributed by atoms with Gasteiger partial charge in [-0.25, -0.2) is 9.80 Å². The molecule has 2 amide bonds. The quantitative estimate of drug-likeness (QED) is 0.783. The van der Waals surface area contributed by atoms with Crippen LogP contribution in [0.4, 0.5) is 18.0 Å². The van der Waals surface area contributed by atoms with E-state index in [-0.39, 0.29) is 0 Å². The SMILES string of the molecule is CN(NC(=O)CCC(F)(F)F)C(=O)OC(C)(C)C. The number of rotatable bonds is 2. The Balaban J connectivity index is 4.12. The third kappa shape index (κ3) is 8.66. The van der Waals surface area contributed by atoms with Crippen LogP contribution >= 0.6 is 0 Å². The number of nitrogens with zero attached hydrogens (tertiary/aromatic N) is 1. The van der Waals surface area contributed by atoms with E-state index in [4.69, 9.17) is 4.74 Å². The minimum atomic E-state index is -4.40. The number of amides is 2. The van der Waals surface area contributed by atoms with Gasteiger partial charge in [0, 0.05) is 13.5 Å². The molecule has 0 saturated carbocycles. The molecular formula is C10H17F3N2O3. The van der Waals surface area contributed by atoms with Gasteiger partial charge in [-0.3, -0.25) is 10.2 Å². The molecule has 0 atom stereocenters. The molecule has 0 aromatic heterocycles. The standard InChI is InChI=1S/C10H17F3N2O3/c1-9(2,3)18-8(17)15(4)14-7(16)5-6-10(11,12)13/h5-6H2,1-4H3,(H,14,16). The van der Waals surface area contributed by atoms with Crippen molar-refractivity contribution in [3.05, 3.63) is 0 Å². The molecule has 0 aromatic rings. The van der Waals surface area contributed by atoms with Crippen LogP contribution in [0.15, 0.2) is 0 Å². The van der Waals surface area contributed by atoms with Gasteiger partial charge in [0.15, 0.2) is 0 Å². The van der Waals surface area contributed by atoms with Gasteiger partial charge in [0.05, 0.1) is 6.42 Å². The van der Waals surface area contributed by atoms with Crippen LogP contribution in [-0.4, -0.2) is 35.8 Å². The molecular weight excluding hydrogens is 253 g/mol. The van der Waals surface area contributed by atoms with Crippen molar-refractivity contribution in [1.82, 2.24) is 10.4 Å². The second-order valence-electron chi connectivity index (χ2n) is 4.69. The Morgan fingerprint density at radius 2 is 1.72 bits per heavy atom. The first-order valence-corrected chi connectivity index (χ1v) is 5.23. The van der Waals surface area contributed by atoms with Crippen molar-refractivity contribution in [2.75, 3.05) is 7.05 Å². The minimum absolute atomic E-state index is 0.712. The molecule has 0 aliphatic carbocycles. The van der Waals surface area contributed by atoms with Crippen LogP contribution in [0.3, 0.4) is 0 Å². The lowest BCUT2D eigenvalue weighted by Crippen LogP contribution is -2.45. The van der Waals surface area contributed by atoms with E-state index < -0.39 is 36.6 Å². The van der Waals surface area contributed by atoms with Crippen LogP contribution in [0.5, 0.6) is 0 Å². The second-order valence-corrected chi connectivity index (χ2v) is 4.69. The number of halogens is 3. The van der Waals surface area contributed by atoms with Gasteiger partial charge < -0.3 is 4.74 Å². The van der Waals surface area contributed by atoms with Gasteiger partial charge in [-0.1, -0.05) is 0 Å². The number of alkyl halides is 3. The van der Waals surface area contributed by atoms with Crippen LogP contribution < -0.4 is 5.43 Å². The summed E-state index contributed by atoms with van der Waals surface area (Å²) in [5.41, 5.74) is 1.25. The van der Waals surface area contributed by atoms with Crippen molar-refractivity contribution in [2.24, 2.45) is 0 Å².